The van der Waals surface area contributed by atoms with E-state index in [1.54, 1.807) is 4.68 Å². The van der Waals surface area contributed by atoms with Gasteiger partial charge in [0.25, 0.3) is 0 Å². The first-order valence-electron chi connectivity index (χ1n) is 7.72. The Morgan fingerprint density at radius 1 is 0.875 bits per heavy atom. The lowest BCUT2D eigenvalue weighted by Gasteiger charge is -2.10. The van der Waals surface area contributed by atoms with E-state index < -0.39 is 12.2 Å². The Morgan fingerprint density at radius 3 is 2.17 bits per heavy atom. The molecule has 24 heavy (non-hydrogen) atoms. The minimum Gasteiger partial charge on any atom is -0.390 e. The van der Waals surface area contributed by atoms with Crippen LogP contribution in [0.25, 0.3) is 27.9 Å². The van der Waals surface area contributed by atoms with E-state index in [0.717, 1.165) is 16.7 Å². The largest absolute Gasteiger partial charge is 0.390 e. The van der Waals surface area contributed by atoms with Gasteiger partial charge in [-0.15, -0.1) is 0 Å². The highest BCUT2D eigenvalue weighted by Crippen LogP contribution is 2.27. The number of rotatable bonds is 3. The smallest absolute Gasteiger partial charge is 0.182 e. The van der Waals surface area contributed by atoms with Gasteiger partial charge in [-0.3, -0.25) is 0 Å². The van der Waals surface area contributed by atoms with Gasteiger partial charge in [-0.05, 0) is 31.2 Å². The third kappa shape index (κ3) is 2.33. The molecule has 0 saturated heterocycles. The summed E-state index contributed by atoms with van der Waals surface area (Å²) in [4.78, 5) is 9.27. The number of hydrogen-bond acceptors (Lipinski definition) is 5. The molecule has 2 aromatic carbocycles. The molecule has 6 nitrogen and oxygen atoms in total. The minimum absolute atomic E-state index is 0.321. The van der Waals surface area contributed by atoms with Gasteiger partial charge in [0.1, 0.15) is 17.3 Å². The van der Waals surface area contributed by atoms with E-state index in [0.29, 0.717) is 16.9 Å². The molecule has 6 heteroatoms. The van der Waals surface area contributed by atoms with E-state index in [1.807, 2.05) is 54.6 Å². The van der Waals surface area contributed by atoms with Crippen LogP contribution in [-0.2, 0) is 0 Å². The van der Waals surface area contributed by atoms with Crippen LogP contribution in [0.3, 0.4) is 0 Å². The molecule has 2 heterocycles. The lowest BCUT2D eigenvalue weighted by molar-refractivity contribution is 0.0284. The predicted octanol–water partition coefficient (Wildman–Crippen LogP) is 2.38. The molecule has 0 aliphatic heterocycles. The fourth-order valence-electron chi connectivity index (χ4n) is 2.69. The van der Waals surface area contributed by atoms with Crippen molar-refractivity contribution in [3.05, 3.63) is 60.3 Å². The van der Waals surface area contributed by atoms with E-state index >= 15 is 0 Å². The summed E-state index contributed by atoms with van der Waals surface area (Å²) in [6.07, 6.45) is -2.09. The fraction of sp³-hybridized carbons (Fsp3) is 0.167. The van der Waals surface area contributed by atoms with Gasteiger partial charge < -0.3 is 10.2 Å². The van der Waals surface area contributed by atoms with E-state index in [-0.39, 0.29) is 0 Å². The van der Waals surface area contributed by atoms with E-state index in [4.69, 9.17) is 0 Å². The van der Waals surface area contributed by atoms with Crippen molar-refractivity contribution in [1.29, 1.82) is 0 Å². The maximum atomic E-state index is 10.3. The van der Waals surface area contributed by atoms with Crippen molar-refractivity contribution in [2.45, 2.75) is 19.1 Å². The van der Waals surface area contributed by atoms with Crippen LogP contribution in [0.15, 0.2) is 54.6 Å². The van der Waals surface area contributed by atoms with Crippen molar-refractivity contribution in [1.82, 2.24) is 19.7 Å². The van der Waals surface area contributed by atoms with Gasteiger partial charge >= 0.3 is 0 Å². The molecule has 0 bridgehead atoms. The van der Waals surface area contributed by atoms with Gasteiger partial charge in [-0.1, -0.05) is 30.3 Å². The van der Waals surface area contributed by atoms with Gasteiger partial charge in [0.2, 0.25) is 0 Å². The second-order valence-corrected chi connectivity index (χ2v) is 5.70. The topological polar surface area (TPSA) is 84.1 Å². The summed E-state index contributed by atoms with van der Waals surface area (Å²) in [5.74, 6) is 0. The number of fused-ring (bicyclic) bond motifs is 2. The van der Waals surface area contributed by atoms with Crippen LogP contribution in [0.5, 0.6) is 0 Å². The number of aromatic nitrogens is 4. The maximum Gasteiger partial charge on any atom is 0.182 e. The average Bonchev–Trinajstić information content (AvgIpc) is 2.98. The quantitative estimate of drug-likeness (QED) is 0.605. The van der Waals surface area contributed by atoms with Gasteiger partial charge in [0.05, 0.1) is 22.8 Å². The first-order chi connectivity index (χ1) is 11.6. The third-order valence-corrected chi connectivity index (χ3v) is 3.94. The Morgan fingerprint density at radius 2 is 1.50 bits per heavy atom. The maximum absolute atomic E-state index is 10.3. The van der Waals surface area contributed by atoms with Crippen molar-refractivity contribution in [2.75, 3.05) is 0 Å². The zero-order valence-corrected chi connectivity index (χ0v) is 13.0. The minimum atomic E-state index is -1.13. The molecule has 0 aliphatic carbocycles. The van der Waals surface area contributed by atoms with Crippen molar-refractivity contribution < 1.29 is 10.2 Å². The Kier molecular flexibility index (Phi) is 3.48. The normalized spacial score (nSPS) is 14.1. The molecule has 2 aromatic heterocycles. The Balaban J connectivity index is 2.07. The van der Waals surface area contributed by atoms with Crippen LogP contribution in [0.4, 0.5) is 0 Å². The molecule has 0 spiro atoms. The number of aliphatic hydroxyl groups is 2. The number of nitrogens with zero attached hydrogens (tertiary/aromatic N) is 4. The Hall–Kier alpha value is -2.83. The highest BCUT2D eigenvalue weighted by molar-refractivity contribution is 5.86. The van der Waals surface area contributed by atoms with Gasteiger partial charge in [0, 0.05) is 0 Å². The van der Waals surface area contributed by atoms with Crippen molar-refractivity contribution >= 4 is 22.2 Å². The molecule has 0 amide bonds. The molecule has 4 rings (SSSR count). The highest BCUT2D eigenvalue weighted by Gasteiger charge is 2.24. The average molecular weight is 320 g/mol. The Labute approximate surface area is 138 Å². The number of benzene rings is 2. The van der Waals surface area contributed by atoms with Crippen molar-refractivity contribution in [3.63, 3.8) is 0 Å². The summed E-state index contributed by atoms with van der Waals surface area (Å²) in [7, 11) is 0. The zero-order valence-electron chi connectivity index (χ0n) is 13.0. The van der Waals surface area contributed by atoms with Gasteiger partial charge in [-0.25, -0.2) is 14.6 Å². The number of aliphatic hydroxyl groups excluding tert-OH is 2. The van der Waals surface area contributed by atoms with Crippen LogP contribution in [-0.4, -0.2) is 36.1 Å². The molecule has 0 fully saturated rings. The molecule has 0 saturated carbocycles. The Bertz CT molecular complexity index is 1010. The van der Waals surface area contributed by atoms with Gasteiger partial charge in [-0.2, -0.15) is 5.10 Å². The van der Waals surface area contributed by atoms with Crippen LogP contribution in [0.2, 0.25) is 0 Å². The third-order valence-electron chi connectivity index (χ3n) is 3.94. The van der Waals surface area contributed by atoms with E-state index in [2.05, 4.69) is 15.1 Å². The summed E-state index contributed by atoms with van der Waals surface area (Å²) >= 11 is 0. The van der Waals surface area contributed by atoms with E-state index in [1.165, 1.54) is 6.92 Å². The molecule has 4 aromatic rings. The summed E-state index contributed by atoms with van der Waals surface area (Å²) in [6.45, 7) is 1.52. The standard InChI is InChI=1S/C18H16N4O2/c1-11(23)17(24)15-16-18(20-14-10-6-5-9-13(14)19-16)22(21-15)12-7-3-2-4-8-12/h2-11,17,23-24H,1H3. The summed E-state index contributed by atoms with van der Waals surface area (Å²) in [5.41, 5.74) is 3.65. The number of para-hydroxylation sites is 3. The summed E-state index contributed by atoms with van der Waals surface area (Å²) < 4.78 is 1.65. The lowest BCUT2D eigenvalue weighted by Crippen LogP contribution is -2.15. The second-order valence-electron chi connectivity index (χ2n) is 5.70. The molecular formula is C18H16N4O2. The van der Waals surface area contributed by atoms with Crippen molar-refractivity contribution in [3.8, 4) is 5.69 Å². The van der Waals surface area contributed by atoms with Crippen molar-refractivity contribution in [2.24, 2.45) is 0 Å². The first kappa shape index (κ1) is 14.7. The van der Waals surface area contributed by atoms with E-state index in [9.17, 15) is 10.2 Å². The molecule has 0 aliphatic rings. The number of hydrogen-bond donors (Lipinski definition) is 2. The molecule has 0 radical (unpaired) electrons. The van der Waals surface area contributed by atoms with Crippen LogP contribution in [0.1, 0.15) is 18.7 Å². The molecule has 2 unspecified atom stereocenters. The van der Waals surface area contributed by atoms with Crippen LogP contribution < -0.4 is 0 Å². The van der Waals surface area contributed by atoms with Crippen LogP contribution >= 0.6 is 0 Å². The SMILES string of the molecule is CC(O)C(O)c1nn(-c2ccccc2)c2nc3ccccc3nc12. The molecule has 2 N–H and O–H groups in total. The predicted molar refractivity (Wildman–Crippen MR) is 90.8 cm³/mol. The van der Waals surface area contributed by atoms with Crippen LogP contribution in [0, 0.1) is 0 Å². The molecule has 2 atom stereocenters. The summed E-state index contributed by atoms with van der Waals surface area (Å²) in [5, 5.41) is 24.6. The molecule has 120 valence electrons. The van der Waals surface area contributed by atoms with Gasteiger partial charge in [0.15, 0.2) is 5.65 Å². The molecular weight excluding hydrogens is 304 g/mol. The summed E-state index contributed by atoms with van der Waals surface area (Å²) in [6, 6.07) is 17.1. The first-order valence-corrected chi connectivity index (χ1v) is 7.72. The monoisotopic (exact) mass is 320 g/mol. The highest BCUT2D eigenvalue weighted by atomic mass is 16.3. The second kappa shape index (κ2) is 5.67. The fourth-order valence-corrected chi connectivity index (χ4v) is 2.69. The zero-order chi connectivity index (χ0) is 16.7. The lowest BCUT2D eigenvalue weighted by atomic mass is 10.1.